The number of hydrogen-bond acceptors (Lipinski definition) is 3. The van der Waals surface area contributed by atoms with E-state index in [1.54, 1.807) is 20.2 Å². The van der Waals surface area contributed by atoms with Crippen LogP contribution in [0.25, 0.3) is 0 Å². The van der Waals surface area contributed by atoms with Crippen molar-refractivity contribution < 1.29 is 22.6 Å². The van der Waals surface area contributed by atoms with E-state index in [1.165, 1.54) is 12.1 Å². The summed E-state index contributed by atoms with van der Waals surface area (Å²) in [5.74, 6) is 0.636. The van der Waals surface area contributed by atoms with Gasteiger partial charge in [-0.25, -0.2) is 0 Å². The normalized spacial score (nSPS) is 13.5. The quantitative estimate of drug-likeness (QED) is 0.375. The second kappa shape index (κ2) is 11.7. The van der Waals surface area contributed by atoms with Gasteiger partial charge in [0.05, 0.1) is 25.4 Å². The first-order chi connectivity index (χ1) is 12.4. The molecular formula is C18H28F3N3O2. The van der Waals surface area contributed by atoms with Gasteiger partial charge in [-0.15, -0.1) is 0 Å². The monoisotopic (exact) mass is 375 g/mol. The van der Waals surface area contributed by atoms with Crippen molar-refractivity contribution >= 4 is 5.96 Å². The average molecular weight is 375 g/mol. The van der Waals surface area contributed by atoms with Crippen LogP contribution in [-0.4, -0.2) is 53.0 Å². The molecule has 148 valence electrons. The Labute approximate surface area is 153 Å². The van der Waals surface area contributed by atoms with Crippen LogP contribution in [0.1, 0.15) is 30.4 Å². The van der Waals surface area contributed by atoms with Crippen LogP contribution >= 0.6 is 0 Å². The van der Waals surface area contributed by atoms with Crippen LogP contribution in [0, 0.1) is 0 Å². The summed E-state index contributed by atoms with van der Waals surface area (Å²) >= 11 is 0. The fourth-order valence-electron chi connectivity index (χ4n) is 2.30. The number of nitrogens with zero attached hydrogens (tertiary/aromatic N) is 1. The van der Waals surface area contributed by atoms with Crippen molar-refractivity contribution in [2.45, 2.75) is 25.4 Å². The van der Waals surface area contributed by atoms with E-state index >= 15 is 0 Å². The highest BCUT2D eigenvalue weighted by Crippen LogP contribution is 2.31. The van der Waals surface area contributed by atoms with E-state index in [0.29, 0.717) is 50.9 Å². The van der Waals surface area contributed by atoms with Gasteiger partial charge in [-0.1, -0.05) is 25.1 Å². The van der Waals surface area contributed by atoms with Crippen molar-refractivity contribution in [1.82, 2.24) is 10.6 Å². The number of nitrogens with one attached hydrogen (secondary N) is 2. The summed E-state index contributed by atoms with van der Waals surface area (Å²) in [6, 6.07) is 5.49. The number of rotatable bonds is 10. The van der Waals surface area contributed by atoms with Gasteiger partial charge in [0.15, 0.2) is 5.96 Å². The van der Waals surface area contributed by atoms with Crippen LogP contribution < -0.4 is 10.6 Å². The van der Waals surface area contributed by atoms with Crippen molar-refractivity contribution in [2.24, 2.45) is 4.99 Å². The van der Waals surface area contributed by atoms with Crippen LogP contribution in [0.3, 0.4) is 0 Å². The molecule has 0 fully saturated rings. The molecule has 26 heavy (non-hydrogen) atoms. The molecule has 0 aliphatic carbocycles. The third kappa shape index (κ3) is 8.53. The molecule has 1 unspecified atom stereocenters. The van der Waals surface area contributed by atoms with Crippen LogP contribution in [0.4, 0.5) is 13.2 Å². The standard InChI is InChI=1S/C18H28F3N3O2/c1-14(15-5-4-6-16(13-15)18(19,20)21)7-8-23-17(22-2)24-9-10-26-12-11-25-3/h4-6,13-14H,7-12H2,1-3H3,(H2,22,23,24). The number of guanidine groups is 1. The SMILES string of the molecule is CN=C(NCCOCCOC)NCCC(C)c1cccc(C(F)(F)F)c1. The van der Waals surface area contributed by atoms with Crippen LogP contribution in [0.2, 0.25) is 0 Å². The molecule has 0 aliphatic rings. The zero-order valence-electron chi connectivity index (χ0n) is 15.5. The summed E-state index contributed by atoms with van der Waals surface area (Å²) in [4.78, 5) is 4.10. The largest absolute Gasteiger partial charge is 0.416 e. The Hall–Kier alpha value is -1.80. The van der Waals surface area contributed by atoms with Gasteiger partial charge in [0.2, 0.25) is 0 Å². The Morgan fingerprint density at radius 2 is 1.88 bits per heavy atom. The summed E-state index contributed by atoms with van der Waals surface area (Å²) in [5.41, 5.74) is 0.0665. The highest BCUT2D eigenvalue weighted by Gasteiger charge is 2.30. The molecule has 1 atom stereocenters. The maximum absolute atomic E-state index is 12.8. The molecule has 0 bridgehead atoms. The Kier molecular flexibility index (Phi) is 10.0. The van der Waals surface area contributed by atoms with Crippen molar-refractivity contribution in [1.29, 1.82) is 0 Å². The summed E-state index contributed by atoms with van der Waals surface area (Å²) in [6.45, 7) is 4.75. The lowest BCUT2D eigenvalue weighted by Crippen LogP contribution is -2.39. The van der Waals surface area contributed by atoms with Gasteiger partial charge < -0.3 is 20.1 Å². The zero-order chi connectivity index (χ0) is 19.4. The number of alkyl halides is 3. The molecule has 2 N–H and O–H groups in total. The highest BCUT2D eigenvalue weighted by molar-refractivity contribution is 5.79. The lowest BCUT2D eigenvalue weighted by Gasteiger charge is -2.16. The van der Waals surface area contributed by atoms with Gasteiger partial charge in [-0.2, -0.15) is 13.2 Å². The van der Waals surface area contributed by atoms with Gasteiger partial charge in [-0.3, -0.25) is 4.99 Å². The van der Waals surface area contributed by atoms with Gasteiger partial charge in [0.25, 0.3) is 0 Å². The van der Waals surface area contributed by atoms with E-state index < -0.39 is 11.7 Å². The van der Waals surface area contributed by atoms with Gasteiger partial charge in [0.1, 0.15) is 0 Å². The Balaban J connectivity index is 2.34. The molecule has 0 heterocycles. The number of hydrogen-bond donors (Lipinski definition) is 2. The summed E-state index contributed by atoms with van der Waals surface area (Å²) in [5, 5.41) is 6.27. The zero-order valence-corrected chi connectivity index (χ0v) is 15.5. The summed E-state index contributed by atoms with van der Waals surface area (Å²) in [7, 11) is 3.28. The molecule has 0 spiro atoms. The first-order valence-corrected chi connectivity index (χ1v) is 8.56. The van der Waals surface area contributed by atoms with E-state index in [4.69, 9.17) is 9.47 Å². The van der Waals surface area contributed by atoms with Crippen molar-refractivity contribution in [3.63, 3.8) is 0 Å². The van der Waals surface area contributed by atoms with E-state index in [1.807, 2.05) is 6.92 Å². The van der Waals surface area contributed by atoms with Crippen molar-refractivity contribution in [2.75, 3.05) is 47.1 Å². The topological polar surface area (TPSA) is 54.9 Å². The predicted octanol–water partition coefficient (Wildman–Crippen LogP) is 3.03. The first kappa shape index (κ1) is 22.2. The number of methoxy groups -OCH3 is 1. The third-order valence-corrected chi connectivity index (χ3v) is 3.85. The number of benzene rings is 1. The molecule has 0 aromatic heterocycles. The molecule has 0 aliphatic heterocycles. The second-order valence-electron chi connectivity index (χ2n) is 5.84. The fourth-order valence-corrected chi connectivity index (χ4v) is 2.30. The van der Waals surface area contributed by atoms with Crippen LogP contribution in [0.15, 0.2) is 29.3 Å². The second-order valence-corrected chi connectivity index (χ2v) is 5.84. The van der Waals surface area contributed by atoms with Crippen molar-refractivity contribution in [3.8, 4) is 0 Å². The van der Waals surface area contributed by atoms with Gasteiger partial charge in [-0.05, 0) is 24.0 Å². The van der Waals surface area contributed by atoms with E-state index in [-0.39, 0.29) is 5.92 Å². The number of aliphatic imine (C=N–C) groups is 1. The van der Waals surface area contributed by atoms with Crippen LogP contribution in [0.5, 0.6) is 0 Å². The van der Waals surface area contributed by atoms with Crippen LogP contribution in [-0.2, 0) is 15.7 Å². The van der Waals surface area contributed by atoms with E-state index in [2.05, 4.69) is 15.6 Å². The van der Waals surface area contributed by atoms with E-state index in [0.717, 1.165) is 6.07 Å². The molecule has 1 rings (SSSR count). The van der Waals surface area contributed by atoms with Gasteiger partial charge in [0, 0.05) is 27.2 Å². The number of ether oxygens (including phenoxy) is 2. The minimum absolute atomic E-state index is 0.000262. The third-order valence-electron chi connectivity index (χ3n) is 3.85. The van der Waals surface area contributed by atoms with Crippen molar-refractivity contribution in [3.05, 3.63) is 35.4 Å². The molecule has 0 saturated heterocycles. The Morgan fingerprint density at radius 3 is 2.54 bits per heavy atom. The maximum atomic E-state index is 12.8. The first-order valence-electron chi connectivity index (χ1n) is 8.56. The van der Waals surface area contributed by atoms with E-state index in [9.17, 15) is 13.2 Å². The lowest BCUT2D eigenvalue weighted by atomic mass is 9.96. The van der Waals surface area contributed by atoms with Gasteiger partial charge >= 0.3 is 6.18 Å². The molecular weight excluding hydrogens is 347 g/mol. The smallest absolute Gasteiger partial charge is 0.382 e. The molecule has 0 amide bonds. The summed E-state index contributed by atoms with van der Waals surface area (Å²) < 4.78 is 48.6. The molecule has 8 heteroatoms. The lowest BCUT2D eigenvalue weighted by molar-refractivity contribution is -0.137. The fraction of sp³-hybridized carbons (Fsp3) is 0.611. The maximum Gasteiger partial charge on any atom is 0.416 e. The highest BCUT2D eigenvalue weighted by atomic mass is 19.4. The average Bonchev–Trinajstić information content (AvgIpc) is 2.62. The minimum Gasteiger partial charge on any atom is -0.382 e. The molecule has 1 aromatic rings. The minimum atomic E-state index is -4.31. The Bertz CT molecular complexity index is 551. The molecule has 0 saturated carbocycles. The molecule has 0 radical (unpaired) electrons. The Morgan fingerprint density at radius 1 is 1.15 bits per heavy atom. The molecule has 5 nitrogen and oxygen atoms in total. The summed E-state index contributed by atoms with van der Waals surface area (Å²) in [6.07, 6.45) is -3.63. The number of halogens is 3. The molecule has 1 aromatic carbocycles. The predicted molar refractivity (Wildman–Crippen MR) is 96.5 cm³/mol.